The highest BCUT2D eigenvalue weighted by Crippen LogP contribution is 2.18. The quantitative estimate of drug-likeness (QED) is 0.675. The molecule has 0 fully saturated rings. The number of aromatic nitrogens is 1. The maximum absolute atomic E-state index is 12.6. The average Bonchev–Trinajstić information content (AvgIpc) is 2.62. The topological polar surface area (TPSA) is 109 Å². The fourth-order valence-corrected chi connectivity index (χ4v) is 3.65. The first-order valence-electron chi connectivity index (χ1n) is 9.47. The number of aliphatic hydroxyl groups is 1. The smallest absolute Gasteiger partial charge is 0.410 e. The standard InChI is InChI=1S/C20H29N3O5S/c1-15(24)8-11-23(19(25)28-20(2,3)4)12-10-22-29(26,27)18-6-5-17-14-21-9-7-16(17)13-18/h5-7,9,13-15,22,24H,8,10-12H2,1-4H3/t15-/m1/s1. The summed E-state index contributed by atoms with van der Waals surface area (Å²) in [6, 6.07) is 6.55. The largest absolute Gasteiger partial charge is 0.444 e. The summed E-state index contributed by atoms with van der Waals surface area (Å²) < 4.78 is 33.1. The maximum atomic E-state index is 12.6. The number of ether oxygens (including phenoxy) is 1. The maximum Gasteiger partial charge on any atom is 0.410 e. The second-order valence-corrected chi connectivity index (χ2v) is 9.65. The third kappa shape index (κ3) is 7.26. The summed E-state index contributed by atoms with van der Waals surface area (Å²) in [6.07, 6.45) is 2.51. The molecule has 1 amide bonds. The fourth-order valence-electron chi connectivity index (χ4n) is 2.59. The fraction of sp³-hybridized carbons (Fsp3) is 0.500. The molecule has 1 aromatic carbocycles. The summed E-state index contributed by atoms with van der Waals surface area (Å²) in [5.74, 6) is 0. The Morgan fingerprint density at radius 3 is 2.62 bits per heavy atom. The van der Waals surface area contributed by atoms with E-state index in [1.807, 2.05) is 0 Å². The van der Waals surface area contributed by atoms with Gasteiger partial charge in [0.15, 0.2) is 0 Å². The number of carbonyl (C=O) groups excluding carboxylic acids is 1. The van der Waals surface area contributed by atoms with Crippen molar-refractivity contribution >= 4 is 26.9 Å². The molecule has 160 valence electrons. The molecule has 0 bridgehead atoms. The molecule has 29 heavy (non-hydrogen) atoms. The van der Waals surface area contributed by atoms with E-state index in [0.717, 1.165) is 10.8 Å². The Balaban J connectivity index is 2.04. The van der Waals surface area contributed by atoms with E-state index in [1.54, 1.807) is 58.3 Å². The van der Waals surface area contributed by atoms with Gasteiger partial charge >= 0.3 is 6.09 Å². The molecule has 0 aliphatic carbocycles. The highest BCUT2D eigenvalue weighted by molar-refractivity contribution is 7.89. The summed E-state index contributed by atoms with van der Waals surface area (Å²) in [7, 11) is -3.74. The minimum Gasteiger partial charge on any atom is -0.444 e. The number of sulfonamides is 1. The summed E-state index contributed by atoms with van der Waals surface area (Å²) >= 11 is 0. The zero-order valence-corrected chi connectivity index (χ0v) is 18.1. The predicted octanol–water partition coefficient (Wildman–Crippen LogP) is 2.52. The first-order valence-corrected chi connectivity index (χ1v) is 11.0. The van der Waals surface area contributed by atoms with Crippen LogP contribution in [-0.4, -0.2) is 60.8 Å². The number of benzene rings is 1. The Hall–Kier alpha value is -2.23. The molecule has 0 aliphatic rings. The van der Waals surface area contributed by atoms with E-state index >= 15 is 0 Å². The van der Waals surface area contributed by atoms with Crippen molar-refractivity contribution in [1.82, 2.24) is 14.6 Å². The van der Waals surface area contributed by atoms with Gasteiger partial charge in [0, 0.05) is 37.4 Å². The number of pyridine rings is 1. The van der Waals surface area contributed by atoms with E-state index < -0.39 is 27.8 Å². The van der Waals surface area contributed by atoms with Crippen LogP contribution in [0.25, 0.3) is 10.8 Å². The minimum absolute atomic E-state index is 0.0236. The number of hydrogen-bond acceptors (Lipinski definition) is 6. The third-order valence-electron chi connectivity index (χ3n) is 4.06. The first-order chi connectivity index (χ1) is 13.5. The van der Waals surface area contributed by atoms with Gasteiger partial charge in [0.25, 0.3) is 0 Å². The van der Waals surface area contributed by atoms with Crippen LogP contribution in [0.1, 0.15) is 34.1 Å². The lowest BCUT2D eigenvalue weighted by atomic mass is 10.2. The number of hydrogen-bond donors (Lipinski definition) is 2. The van der Waals surface area contributed by atoms with E-state index in [-0.39, 0.29) is 24.5 Å². The van der Waals surface area contributed by atoms with Crippen molar-refractivity contribution in [2.24, 2.45) is 0 Å². The molecule has 1 aromatic heterocycles. The van der Waals surface area contributed by atoms with Gasteiger partial charge in [-0.15, -0.1) is 0 Å². The lowest BCUT2D eigenvalue weighted by Gasteiger charge is -2.27. The molecule has 2 aromatic rings. The van der Waals surface area contributed by atoms with Gasteiger partial charge in [0.05, 0.1) is 11.0 Å². The molecule has 0 saturated heterocycles. The SMILES string of the molecule is C[C@@H](O)CCN(CCNS(=O)(=O)c1ccc2cnccc2c1)C(=O)OC(C)(C)C. The van der Waals surface area contributed by atoms with Gasteiger partial charge < -0.3 is 14.7 Å². The van der Waals surface area contributed by atoms with Gasteiger partial charge in [-0.2, -0.15) is 0 Å². The zero-order valence-electron chi connectivity index (χ0n) is 17.3. The van der Waals surface area contributed by atoms with Gasteiger partial charge in [0.1, 0.15) is 5.60 Å². The lowest BCUT2D eigenvalue weighted by Crippen LogP contribution is -2.42. The Morgan fingerprint density at radius 2 is 1.97 bits per heavy atom. The van der Waals surface area contributed by atoms with Crippen LogP contribution < -0.4 is 4.72 Å². The van der Waals surface area contributed by atoms with Crippen molar-refractivity contribution in [2.75, 3.05) is 19.6 Å². The predicted molar refractivity (Wildman–Crippen MR) is 111 cm³/mol. The molecule has 0 saturated carbocycles. The van der Waals surface area contributed by atoms with E-state index in [0.29, 0.717) is 6.42 Å². The Bertz CT molecular complexity index is 939. The van der Waals surface area contributed by atoms with Gasteiger partial charge in [-0.05, 0) is 57.7 Å². The van der Waals surface area contributed by atoms with Crippen molar-refractivity contribution in [3.8, 4) is 0 Å². The Kier molecular flexibility index (Phi) is 7.56. The number of fused-ring (bicyclic) bond motifs is 1. The molecule has 0 radical (unpaired) electrons. The van der Waals surface area contributed by atoms with Crippen molar-refractivity contribution in [3.05, 3.63) is 36.7 Å². The summed E-state index contributed by atoms with van der Waals surface area (Å²) in [6.45, 7) is 7.32. The van der Waals surface area contributed by atoms with Crippen molar-refractivity contribution in [2.45, 2.75) is 50.7 Å². The van der Waals surface area contributed by atoms with Crippen LogP contribution in [0.3, 0.4) is 0 Å². The molecule has 9 heteroatoms. The molecule has 2 rings (SSSR count). The van der Waals surface area contributed by atoms with Crippen LogP contribution in [0.4, 0.5) is 4.79 Å². The molecule has 0 spiro atoms. The van der Waals surface area contributed by atoms with Crippen LogP contribution in [-0.2, 0) is 14.8 Å². The van der Waals surface area contributed by atoms with Crippen LogP contribution in [0, 0.1) is 0 Å². The molecule has 0 unspecified atom stereocenters. The highest BCUT2D eigenvalue weighted by atomic mass is 32.2. The number of rotatable bonds is 8. The molecular formula is C20H29N3O5S. The normalized spacial score (nSPS) is 13.3. The van der Waals surface area contributed by atoms with Crippen LogP contribution >= 0.6 is 0 Å². The number of aliphatic hydroxyl groups excluding tert-OH is 1. The summed E-state index contributed by atoms with van der Waals surface area (Å²) in [4.78, 5) is 17.9. The monoisotopic (exact) mass is 423 g/mol. The van der Waals surface area contributed by atoms with Crippen molar-refractivity contribution in [1.29, 1.82) is 0 Å². The van der Waals surface area contributed by atoms with Gasteiger partial charge in [0.2, 0.25) is 10.0 Å². The molecular weight excluding hydrogens is 394 g/mol. The number of amides is 1. The summed E-state index contributed by atoms with van der Waals surface area (Å²) in [5, 5.41) is 11.1. The molecule has 1 atom stereocenters. The molecule has 1 heterocycles. The Labute approximate surface area is 171 Å². The molecule has 8 nitrogen and oxygen atoms in total. The van der Waals surface area contributed by atoms with Crippen LogP contribution in [0.15, 0.2) is 41.6 Å². The Morgan fingerprint density at radius 1 is 1.24 bits per heavy atom. The highest BCUT2D eigenvalue weighted by Gasteiger charge is 2.23. The summed E-state index contributed by atoms with van der Waals surface area (Å²) in [5.41, 5.74) is -0.667. The zero-order chi connectivity index (χ0) is 21.7. The number of nitrogens with one attached hydrogen (secondary N) is 1. The number of nitrogens with zero attached hydrogens (tertiary/aromatic N) is 2. The van der Waals surface area contributed by atoms with Gasteiger partial charge in [-0.1, -0.05) is 6.07 Å². The first kappa shape index (κ1) is 23.1. The van der Waals surface area contributed by atoms with Crippen molar-refractivity contribution in [3.63, 3.8) is 0 Å². The van der Waals surface area contributed by atoms with Crippen LogP contribution in [0.2, 0.25) is 0 Å². The lowest BCUT2D eigenvalue weighted by molar-refractivity contribution is 0.0230. The van der Waals surface area contributed by atoms with Gasteiger partial charge in [-0.25, -0.2) is 17.9 Å². The van der Waals surface area contributed by atoms with Gasteiger partial charge in [-0.3, -0.25) is 4.98 Å². The third-order valence-corrected chi connectivity index (χ3v) is 5.52. The van der Waals surface area contributed by atoms with E-state index in [9.17, 15) is 18.3 Å². The molecule has 2 N–H and O–H groups in total. The minimum atomic E-state index is -3.74. The second kappa shape index (κ2) is 9.51. The second-order valence-electron chi connectivity index (χ2n) is 7.89. The number of carbonyl (C=O) groups is 1. The average molecular weight is 424 g/mol. The van der Waals surface area contributed by atoms with E-state index in [1.165, 1.54) is 11.0 Å². The van der Waals surface area contributed by atoms with E-state index in [4.69, 9.17) is 4.74 Å². The van der Waals surface area contributed by atoms with Crippen molar-refractivity contribution < 1.29 is 23.1 Å². The van der Waals surface area contributed by atoms with Crippen LogP contribution in [0.5, 0.6) is 0 Å². The molecule has 0 aliphatic heterocycles. The van der Waals surface area contributed by atoms with E-state index in [2.05, 4.69) is 9.71 Å².